The van der Waals surface area contributed by atoms with E-state index in [-0.39, 0.29) is 16.0 Å². The summed E-state index contributed by atoms with van der Waals surface area (Å²) in [4.78, 5) is 2.90. The highest BCUT2D eigenvalue weighted by atomic mass is 32.2. The van der Waals surface area contributed by atoms with Crippen LogP contribution in [0.1, 0.15) is 41.0 Å². The molecule has 158 valence electrons. The number of sulfonamides is 1. The summed E-state index contributed by atoms with van der Waals surface area (Å²) in [6, 6.07) is 7.08. The maximum atomic E-state index is 13.2. The highest BCUT2D eigenvalue weighted by Crippen LogP contribution is 2.39. The predicted octanol–water partition coefficient (Wildman–Crippen LogP) is 4.65. The lowest BCUT2D eigenvalue weighted by molar-refractivity contribution is 0.194. The third kappa shape index (κ3) is 4.78. The summed E-state index contributed by atoms with van der Waals surface area (Å²) in [6.45, 7) is 17.1. The molecule has 2 rings (SSSR count). The van der Waals surface area contributed by atoms with Crippen molar-refractivity contribution in [2.24, 2.45) is 0 Å². The lowest BCUT2D eigenvalue weighted by Gasteiger charge is -2.38. The minimum atomic E-state index is -3.66. The molecule has 1 saturated heterocycles. The number of hydrogen-bond donors (Lipinski definition) is 0. The number of rotatable bonds is 7. The van der Waals surface area contributed by atoms with Gasteiger partial charge in [-0.15, -0.1) is 0 Å². The number of benzene rings is 1. The maximum absolute atomic E-state index is 13.2. The fourth-order valence-electron chi connectivity index (χ4n) is 3.10. The van der Waals surface area contributed by atoms with Crippen molar-refractivity contribution in [1.29, 1.82) is 0 Å². The van der Waals surface area contributed by atoms with Crippen molar-refractivity contribution in [3.05, 3.63) is 24.3 Å². The van der Waals surface area contributed by atoms with Gasteiger partial charge in [0, 0.05) is 25.2 Å². The zero-order chi connectivity index (χ0) is 21.3. The van der Waals surface area contributed by atoms with E-state index in [1.54, 1.807) is 12.1 Å². The average molecular weight is 443 g/mol. The second kappa shape index (κ2) is 8.42. The van der Waals surface area contributed by atoms with Gasteiger partial charge in [-0.05, 0) is 56.2 Å². The van der Waals surface area contributed by atoms with Crippen molar-refractivity contribution in [2.45, 2.75) is 70.2 Å². The molecular formula is C20H34N2O3S2Si. The van der Waals surface area contributed by atoms with E-state index in [0.29, 0.717) is 18.0 Å². The molecule has 1 unspecified atom stereocenters. The van der Waals surface area contributed by atoms with Crippen LogP contribution in [-0.4, -0.2) is 51.8 Å². The Kier molecular flexibility index (Phi) is 7.01. The lowest BCUT2D eigenvalue weighted by atomic mass is 10.2. The van der Waals surface area contributed by atoms with Crippen LogP contribution in [-0.2, 0) is 14.4 Å². The molecule has 0 N–H and O–H groups in total. The highest BCUT2D eigenvalue weighted by Gasteiger charge is 2.43. The Morgan fingerprint density at radius 3 is 2.18 bits per heavy atom. The van der Waals surface area contributed by atoms with Crippen LogP contribution in [0.25, 0.3) is 0 Å². The fourth-order valence-corrected chi connectivity index (χ4v) is 6.44. The van der Waals surface area contributed by atoms with E-state index in [9.17, 15) is 8.42 Å². The molecule has 0 radical (unpaired) electrons. The zero-order valence-electron chi connectivity index (χ0n) is 18.2. The van der Waals surface area contributed by atoms with E-state index >= 15 is 0 Å². The van der Waals surface area contributed by atoms with Crippen molar-refractivity contribution < 1.29 is 12.8 Å². The van der Waals surface area contributed by atoms with Gasteiger partial charge < -0.3 is 9.33 Å². The molecule has 0 amide bonds. The van der Waals surface area contributed by atoms with Crippen molar-refractivity contribution in [1.82, 2.24) is 4.31 Å². The zero-order valence-corrected chi connectivity index (χ0v) is 20.8. The van der Waals surface area contributed by atoms with Crippen LogP contribution in [0.3, 0.4) is 0 Å². The SMILES string of the molecule is CCN(CC)c1ccc(S(=O)(=O)N2CC(O[Si](C)(C)C(C)(C)C)CC2=S)cc1. The fraction of sp³-hybridized carbons (Fsp3) is 0.650. The molecule has 1 aliphatic rings. The summed E-state index contributed by atoms with van der Waals surface area (Å²) in [5.74, 6) is 0. The molecule has 8 heteroatoms. The van der Waals surface area contributed by atoms with E-state index in [1.165, 1.54) is 4.31 Å². The summed E-state index contributed by atoms with van der Waals surface area (Å²) in [5.41, 5.74) is 1.02. The van der Waals surface area contributed by atoms with Crippen molar-refractivity contribution in [3.63, 3.8) is 0 Å². The molecule has 0 bridgehead atoms. The third-order valence-electron chi connectivity index (χ3n) is 5.87. The second-order valence-corrected chi connectivity index (χ2v) is 15.9. The second-order valence-electron chi connectivity index (χ2n) is 8.80. The van der Waals surface area contributed by atoms with Gasteiger partial charge >= 0.3 is 0 Å². The number of thiocarbonyl (C=S) groups is 1. The Morgan fingerprint density at radius 2 is 1.71 bits per heavy atom. The summed E-state index contributed by atoms with van der Waals surface area (Å²) < 4.78 is 34.1. The van der Waals surface area contributed by atoms with Gasteiger partial charge in [0.15, 0.2) is 8.32 Å². The molecule has 28 heavy (non-hydrogen) atoms. The third-order valence-corrected chi connectivity index (χ3v) is 12.7. The molecule has 1 aromatic carbocycles. The van der Waals surface area contributed by atoms with Crippen LogP contribution < -0.4 is 4.90 Å². The van der Waals surface area contributed by atoms with Gasteiger partial charge in [-0.2, -0.15) is 0 Å². The van der Waals surface area contributed by atoms with Gasteiger partial charge in [0.25, 0.3) is 10.0 Å². The summed E-state index contributed by atoms with van der Waals surface area (Å²) >= 11 is 5.43. The van der Waals surface area contributed by atoms with E-state index in [2.05, 4.69) is 52.6 Å². The van der Waals surface area contributed by atoms with Crippen LogP contribution in [0, 0.1) is 0 Å². The molecule has 0 saturated carbocycles. The number of anilines is 1. The quantitative estimate of drug-likeness (QED) is 0.455. The van der Waals surface area contributed by atoms with E-state index in [0.717, 1.165) is 18.8 Å². The first kappa shape index (κ1) is 23.3. The van der Waals surface area contributed by atoms with E-state index in [4.69, 9.17) is 16.6 Å². The van der Waals surface area contributed by atoms with Crippen LogP contribution in [0.4, 0.5) is 5.69 Å². The lowest BCUT2D eigenvalue weighted by Crippen LogP contribution is -2.44. The van der Waals surface area contributed by atoms with Crippen LogP contribution in [0.5, 0.6) is 0 Å². The molecular weight excluding hydrogens is 408 g/mol. The highest BCUT2D eigenvalue weighted by molar-refractivity contribution is 7.91. The van der Waals surface area contributed by atoms with E-state index in [1.807, 2.05) is 12.1 Å². The Hall–Kier alpha value is -0.963. The molecule has 0 aliphatic carbocycles. The Bertz CT molecular complexity index is 798. The Balaban J connectivity index is 2.19. The van der Waals surface area contributed by atoms with Gasteiger partial charge in [0.05, 0.1) is 22.5 Å². The van der Waals surface area contributed by atoms with Gasteiger partial charge in [-0.25, -0.2) is 8.42 Å². The topological polar surface area (TPSA) is 49.9 Å². The van der Waals surface area contributed by atoms with Gasteiger partial charge in [0.1, 0.15) is 0 Å². The van der Waals surface area contributed by atoms with Gasteiger partial charge in [0.2, 0.25) is 0 Å². The minimum Gasteiger partial charge on any atom is -0.412 e. The monoisotopic (exact) mass is 442 g/mol. The number of hydrogen-bond acceptors (Lipinski definition) is 5. The molecule has 1 aromatic rings. The van der Waals surface area contributed by atoms with Crippen LogP contribution in [0.15, 0.2) is 29.2 Å². The molecule has 1 aliphatic heterocycles. The summed E-state index contributed by atoms with van der Waals surface area (Å²) in [5, 5.41) is 0.0706. The standard InChI is InChI=1S/C20H34N2O3S2Si/c1-8-21(9-2)16-10-12-18(13-11-16)27(23,24)22-15-17(14-19(22)26)25-28(6,7)20(3,4)5/h10-13,17H,8-9,14-15H2,1-7H3. The van der Waals surface area contributed by atoms with E-state index < -0.39 is 18.3 Å². The molecule has 5 nitrogen and oxygen atoms in total. The van der Waals surface area contributed by atoms with Crippen molar-refractivity contribution in [2.75, 3.05) is 24.5 Å². The first-order chi connectivity index (χ1) is 12.8. The predicted molar refractivity (Wildman–Crippen MR) is 123 cm³/mol. The molecule has 0 aromatic heterocycles. The normalized spacial score (nSPS) is 18.6. The first-order valence-corrected chi connectivity index (χ1v) is 14.7. The molecule has 1 fully saturated rings. The number of nitrogens with zero attached hydrogens (tertiary/aromatic N) is 2. The maximum Gasteiger partial charge on any atom is 0.264 e. The molecule has 0 spiro atoms. The van der Waals surface area contributed by atoms with Crippen LogP contribution in [0.2, 0.25) is 18.1 Å². The largest absolute Gasteiger partial charge is 0.412 e. The minimum absolute atomic E-state index is 0.0706. The first-order valence-electron chi connectivity index (χ1n) is 9.92. The molecule has 1 heterocycles. The van der Waals surface area contributed by atoms with Gasteiger partial charge in [-0.1, -0.05) is 33.0 Å². The van der Waals surface area contributed by atoms with Crippen molar-refractivity contribution in [3.8, 4) is 0 Å². The smallest absolute Gasteiger partial charge is 0.264 e. The summed E-state index contributed by atoms with van der Waals surface area (Å²) in [6.07, 6.45) is 0.316. The molecule has 1 atom stereocenters. The average Bonchev–Trinajstić information content (AvgIpc) is 2.96. The Labute approximate surface area is 177 Å². The van der Waals surface area contributed by atoms with Gasteiger partial charge in [-0.3, -0.25) is 4.31 Å². The Morgan fingerprint density at radius 1 is 1.18 bits per heavy atom. The summed E-state index contributed by atoms with van der Waals surface area (Å²) in [7, 11) is -5.64. The van der Waals surface area contributed by atoms with Crippen LogP contribution >= 0.6 is 12.2 Å². The van der Waals surface area contributed by atoms with Crippen molar-refractivity contribution >= 4 is 41.2 Å².